The van der Waals surface area contributed by atoms with Gasteiger partial charge in [0.1, 0.15) is 12.1 Å². The molecule has 0 radical (unpaired) electrons. The predicted molar refractivity (Wildman–Crippen MR) is 117 cm³/mol. The fourth-order valence-corrected chi connectivity index (χ4v) is 3.97. The van der Waals surface area contributed by atoms with Crippen LogP contribution in [0.4, 0.5) is 0 Å². The number of nitrogens with one attached hydrogen (secondary N) is 1. The third kappa shape index (κ3) is 4.41. The fourth-order valence-electron chi connectivity index (χ4n) is 3.97. The van der Waals surface area contributed by atoms with E-state index in [1.165, 1.54) is 5.56 Å². The molecule has 1 aromatic heterocycles. The zero-order chi connectivity index (χ0) is 21.2. The van der Waals surface area contributed by atoms with Gasteiger partial charge in [0.2, 0.25) is 0 Å². The average molecular weight is 396 g/mol. The molecule has 2 aliphatic rings. The quantitative estimate of drug-likeness (QED) is 0.434. The molecule has 6 heteroatoms. The van der Waals surface area contributed by atoms with Crippen molar-refractivity contribution < 1.29 is 4.79 Å². The summed E-state index contributed by atoms with van der Waals surface area (Å²) in [5.74, 6) is 0.790. The molecule has 1 aliphatic heterocycles. The van der Waals surface area contributed by atoms with Crippen molar-refractivity contribution in [1.82, 2.24) is 20.2 Å². The van der Waals surface area contributed by atoms with E-state index >= 15 is 0 Å². The summed E-state index contributed by atoms with van der Waals surface area (Å²) in [4.78, 5) is 28.6. The molecule has 1 saturated carbocycles. The zero-order valence-electron chi connectivity index (χ0n) is 18.4. The van der Waals surface area contributed by atoms with Crippen LogP contribution in [0.15, 0.2) is 33.9 Å². The minimum absolute atomic E-state index is 0.0491. The van der Waals surface area contributed by atoms with Gasteiger partial charge in [0.15, 0.2) is 0 Å². The lowest BCUT2D eigenvalue weighted by atomic mass is 9.95. The number of carbonyl (C=O) groups is 1. The van der Waals surface area contributed by atoms with Crippen LogP contribution in [0.3, 0.4) is 0 Å². The molecule has 3 rings (SSSR count). The minimum Gasteiger partial charge on any atom is -0.365 e. The van der Waals surface area contributed by atoms with E-state index in [4.69, 9.17) is 0 Å². The molecule has 0 aromatic carbocycles. The summed E-state index contributed by atoms with van der Waals surface area (Å²) in [6, 6.07) is 0. The molecule has 0 unspecified atom stereocenters. The summed E-state index contributed by atoms with van der Waals surface area (Å²) in [6.45, 7) is 15.3. The predicted octanol–water partition coefficient (Wildman–Crippen LogP) is 3.72. The largest absolute Gasteiger partial charge is 0.365 e. The summed E-state index contributed by atoms with van der Waals surface area (Å²) in [6.07, 6.45) is 6.25. The van der Waals surface area contributed by atoms with Crippen molar-refractivity contribution in [3.05, 3.63) is 45.8 Å². The molecule has 0 saturated heterocycles. The minimum atomic E-state index is 0.0491. The Bertz CT molecular complexity index is 875. The van der Waals surface area contributed by atoms with Gasteiger partial charge in [-0.3, -0.25) is 4.79 Å². The second-order valence-electron chi connectivity index (χ2n) is 8.48. The number of nitrogens with zero attached hydrogens (tertiary/aromatic N) is 4. The first kappa shape index (κ1) is 21.2. The second-order valence-corrected chi connectivity index (χ2v) is 8.48. The summed E-state index contributed by atoms with van der Waals surface area (Å²) in [7, 11) is 0. The topological polar surface area (TPSA) is 70.5 Å². The first-order valence-electron chi connectivity index (χ1n) is 10.6. The highest BCUT2D eigenvalue weighted by atomic mass is 16.2. The molecule has 0 bridgehead atoms. The van der Waals surface area contributed by atoms with Gasteiger partial charge in [-0.2, -0.15) is 0 Å². The van der Waals surface area contributed by atoms with Crippen LogP contribution >= 0.6 is 0 Å². The Morgan fingerprint density at radius 1 is 1.31 bits per heavy atom. The van der Waals surface area contributed by atoms with E-state index < -0.39 is 0 Å². The first-order chi connectivity index (χ1) is 13.8. The standard InChI is InChI=1S/C23H33N5O/c1-7-16(21(24-6)27-23(5)10-11-23)20(15(3)4)22(29)28-12-9-17-18(8-2)25-14-26-19(17)13-28/h14,27H,6-13H2,1-5H3/b21-16-. The number of hydrogen-bond donors (Lipinski definition) is 1. The maximum absolute atomic E-state index is 13.6. The van der Waals surface area contributed by atoms with Crippen LogP contribution in [0.5, 0.6) is 0 Å². The van der Waals surface area contributed by atoms with E-state index in [0.717, 1.165) is 66.0 Å². The van der Waals surface area contributed by atoms with Gasteiger partial charge in [0.25, 0.3) is 5.91 Å². The van der Waals surface area contributed by atoms with Crippen molar-refractivity contribution in [2.45, 2.75) is 78.8 Å². The van der Waals surface area contributed by atoms with Crippen LogP contribution in [-0.2, 0) is 24.2 Å². The molecule has 6 nitrogen and oxygen atoms in total. The maximum Gasteiger partial charge on any atom is 0.254 e. The van der Waals surface area contributed by atoms with Crippen LogP contribution in [0.1, 0.15) is 70.8 Å². The third-order valence-corrected chi connectivity index (χ3v) is 5.95. The Labute approximate surface area is 174 Å². The number of rotatable bonds is 7. The highest BCUT2D eigenvalue weighted by molar-refractivity contribution is 5.98. The van der Waals surface area contributed by atoms with Gasteiger partial charge in [-0.05, 0) is 65.2 Å². The van der Waals surface area contributed by atoms with E-state index in [1.54, 1.807) is 6.33 Å². The molecule has 1 aliphatic carbocycles. The van der Waals surface area contributed by atoms with Crippen molar-refractivity contribution in [2.75, 3.05) is 6.54 Å². The van der Waals surface area contributed by atoms with Crippen LogP contribution in [0.2, 0.25) is 0 Å². The van der Waals surface area contributed by atoms with Gasteiger partial charge < -0.3 is 10.2 Å². The monoisotopic (exact) mass is 395 g/mol. The Kier molecular flexibility index (Phi) is 6.20. The van der Waals surface area contributed by atoms with Crippen LogP contribution < -0.4 is 5.32 Å². The Morgan fingerprint density at radius 3 is 2.59 bits per heavy atom. The maximum atomic E-state index is 13.6. The van der Waals surface area contributed by atoms with Gasteiger partial charge in [-0.25, -0.2) is 15.0 Å². The van der Waals surface area contributed by atoms with Gasteiger partial charge in [0, 0.05) is 28.9 Å². The number of allylic oxidation sites excluding steroid dienone is 1. The summed E-state index contributed by atoms with van der Waals surface area (Å²) in [5.41, 5.74) is 6.04. The highest BCUT2D eigenvalue weighted by Gasteiger charge is 2.38. The molecule has 1 fully saturated rings. The Balaban J connectivity index is 1.92. The lowest BCUT2D eigenvalue weighted by Crippen LogP contribution is -2.39. The first-order valence-corrected chi connectivity index (χ1v) is 10.6. The Morgan fingerprint density at radius 2 is 2.03 bits per heavy atom. The molecule has 0 atom stereocenters. The number of aromatic nitrogens is 2. The number of hydrogen-bond acceptors (Lipinski definition) is 5. The molecule has 0 spiro atoms. The molecule has 29 heavy (non-hydrogen) atoms. The van der Waals surface area contributed by atoms with Crippen molar-refractivity contribution in [2.24, 2.45) is 4.99 Å². The van der Waals surface area contributed by atoms with Gasteiger partial charge in [-0.15, -0.1) is 0 Å². The molecule has 156 valence electrons. The summed E-state index contributed by atoms with van der Waals surface area (Å²) >= 11 is 0. The number of carbonyl (C=O) groups excluding carboxylic acids is 1. The van der Waals surface area contributed by atoms with E-state index in [0.29, 0.717) is 13.1 Å². The molecule has 1 amide bonds. The van der Waals surface area contributed by atoms with Crippen LogP contribution in [0, 0.1) is 0 Å². The molecular formula is C23H33N5O. The number of aliphatic imine (C=N–C) groups is 1. The van der Waals surface area contributed by atoms with Crippen LogP contribution in [0.25, 0.3) is 0 Å². The van der Waals surface area contributed by atoms with Gasteiger partial charge >= 0.3 is 0 Å². The number of amides is 1. The highest BCUT2D eigenvalue weighted by Crippen LogP contribution is 2.37. The second kappa shape index (κ2) is 8.47. The Hall–Kier alpha value is -2.50. The molecule has 2 heterocycles. The van der Waals surface area contributed by atoms with Crippen molar-refractivity contribution in [1.29, 1.82) is 0 Å². The summed E-state index contributed by atoms with van der Waals surface area (Å²) in [5, 5.41) is 3.52. The molecule has 1 aromatic rings. The van der Waals surface area contributed by atoms with E-state index in [1.807, 2.05) is 18.7 Å². The fraction of sp³-hybridized carbons (Fsp3) is 0.565. The number of fused-ring (bicyclic) bond motifs is 1. The van der Waals surface area contributed by atoms with E-state index in [-0.39, 0.29) is 11.4 Å². The summed E-state index contributed by atoms with van der Waals surface area (Å²) < 4.78 is 0. The molecule has 1 N–H and O–H groups in total. The van der Waals surface area contributed by atoms with E-state index in [2.05, 4.69) is 47.8 Å². The van der Waals surface area contributed by atoms with Crippen molar-refractivity contribution >= 4 is 12.6 Å². The number of aryl methyl sites for hydroxylation is 1. The van der Waals surface area contributed by atoms with Gasteiger partial charge in [0.05, 0.1) is 12.2 Å². The van der Waals surface area contributed by atoms with Crippen molar-refractivity contribution in [3.8, 4) is 0 Å². The normalized spacial score (nSPS) is 17.8. The third-order valence-electron chi connectivity index (χ3n) is 5.95. The zero-order valence-corrected chi connectivity index (χ0v) is 18.4. The average Bonchev–Trinajstić information content (AvgIpc) is 3.45. The van der Waals surface area contributed by atoms with E-state index in [9.17, 15) is 4.79 Å². The lowest BCUT2D eigenvalue weighted by molar-refractivity contribution is -0.127. The SMILES string of the molecule is C=N/C(NC1(C)CC1)=C(\CC)C(C(=O)N1CCc2c(CC)ncnc2C1)=C(C)C. The lowest BCUT2D eigenvalue weighted by Gasteiger charge is -2.31. The van der Waals surface area contributed by atoms with Crippen molar-refractivity contribution in [3.63, 3.8) is 0 Å². The molecular weight excluding hydrogens is 362 g/mol. The smallest absolute Gasteiger partial charge is 0.254 e. The van der Waals surface area contributed by atoms with Crippen LogP contribution in [-0.4, -0.2) is 39.6 Å². The van der Waals surface area contributed by atoms with Gasteiger partial charge in [-0.1, -0.05) is 19.4 Å².